The fraction of sp³-hybridized carbons (Fsp3) is 0.125. The van der Waals surface area contributed by atoms with E-state index in [2.05, 4.69) is 27.1 Å². The first-order valence-corrected chi connectivity index (χ1v) is 7.96. The molecule has 0 radical (unpaired) electrons. The third kappa shape index (κ3) is 5.73. The van der Waals surface area contributed by atoms with Crippen LogP contribution in [-0.2, 0) is 4.79 Å². The number of phenolic OH excluding ortho intramolecular Hbond substituents is 1. The minimum absolute atomic E-state index is 0.00150. The number of rotatable bonds is 8. The molecular formula is C16H16N4O3S. The Hall–Kier alpha value is -2.87. The van der Waals surface area contributed by atoms with Crippen LogP contribution in [-0.4, -0.2) is 39.6 Å². The highest BCUT2D eigenvalue weighted by Gasteiger charge is 2.04. The van der Waals surface area contributed by atoms with Gasteiger partial charge < -0.3 is 9.84 Å². The minimum Gasteiger partial charge on any atom is -0.507 e. The number of hydrogen-bond donors (Lipinski definition) is 2. The van der Waals surface area contributed by atoms with Crippen LogP contribution < -0.4 is 10.2 Å². The average molecular weight is 344 g/mol. The Morgan fingerprint density at radius 3 is 2.92 bits per heavy atom. The van der Waals surface area contributed by atoms with Gasteiger partial charge in [0.25, 0.3) is 5.91 Å². The topological polar surface area (TPSA) is 96.7 Å². The molecule has 24 heavy (non-hydrogen) atoms. The Bertz CT molecular complexity index is 723. The largest absolute Gasteiger partial charge is 0.507 e. The third-order valence-electron chi connectivity index (χ3n) is 2.64. The first-order valence-electron chi connectivity index (χ1n) is 6.97. The predicted octanol–water partition coefficient (Wildman–Crippen LogP) is 1.99. The van der Waals surface area contributed by atoms with E-state index in [1.165, 1.54) is 24.0 Å². The van der Waals surface area contributed by atoms with Crippen molar-refractivity contribution in [3.63, 3.8) is 0 Å². The van der Waals surface area contributed by atoms with Gasteiger partial charge in [0.1, 0.15) is 18.1 Å². The van der Waals surface area contributed by atoms with Gasteiger partial charge in [-0.05, 0) is 18.2 Å². The van der Waals surface area contributed by atoms with Crippen LogP contribution in [0.5, 0.6) is 11.5 Å². The molecule has 1 aromatic heterocycles. The highest BCUT2D eigenvalue weighted by Crippen LogP contribution is 2.22. The summed E-state index contributed by atoms with van der Waals surface area (Å²) in [4.78, 5) is 19.7. The third-order valence-corrected chi connectivity index (χ3v) is 3.51. The number of hydrogen-bond acceptors (Lipinski definition) is 7. The van der Waals surface area contributed by atoms with Crippen LogP contribution in [0.2, 0.25) is 0 Å². The molecule has 1 amide bonds. The Kier molecular flexibility index (Phi) is 6.78. The summed E-state index contributed by atoms with van der Waals surface area (Å²) in [6, 6.07) is 6.49. The van der Waals surface area contributed by atoms with Crippen molar-refractivity contribution < 1.29 is 14.6 Å². The Balaban J connectivity index is 1.82. The van der Waals surface area contributed by atoms with E-state index in [-0.39, 0.29) is 17.4 Å². The van der Waals surface area contributed by atoms with Crippen molar-refractivity contribution in [2.45, 2.75) is 5.16 Å². The number of benzene rings is 1. The molecule has 7 nitrogen and oxygen atoms in total. The van der Waals surface area contributed by atoms with Crippen LogP contribution in [0.15, 0.2) is 59.6 Å². The predicted molar refractivity (Wildman–Crippen MR) is 92.3 cm³/mol. The van der Waals surface area contributed by atoms with E-state index in [1.54, 1.807) is 36.7 Å². The van der Waals surface area contributed by atoms with Gasteiger partial charge in [-0.15, -0.1) is 0 Å². The molecule has 0 saturated heterocycles. The van der Waals surface area contributed by atoms with Gasteiger partial charge in [-0.25, -0.2) is 15.4 Å². The SMILES string of the molecule is C=CCOc1ccc(C=NNC(=O)CSc2ncccn2)c(O)c1. The summed E-state index contributed by atoms with van der Waals surface area (Å²) in [6.07, 6.45) is 6.18. The lowest BCUT2D eigenvalue weighted by Gasteiger charge is -2.05. The second-order valence-corrected chi connectivity index (χ2v) is 5.38. The lowest BCUT2D eigenvalue weighted by Crippen LogP contribution is -2.19. The van der Waals surface area contributed by atoms with Crippen LogP contribution >= 0.6 is 11.8 Å². The number of nitrogens with one attached hydrogen (secondary N) is 1. The van der Waals surface area contributed by atoms with E-state index < -0.39 is 0 Å². The molecule has 124 valence electrons. The molecule has 0 aliphatic rings. The van der Waals surface area contributed by atoms with Gasteiger partial charge in [-0.3, -0.25) is 4.79 Å². The fourth-order valence-corrected chi connectivity index (χ4v) is 2.17. The first-order chi connectivity index (χ1) is 11.7. The van der Waals surface area contributed by atoms with E-state index >= 15 is 0 Å². The summed E-state index contributed by atoms with van der Waals surface area (Å²) in [7, 11) is 0. The standard InChI is InChI=1S/C16H16N4O3S/c1-2-8-23-13-5-4-12(14(21)9-13)10-19-20-15(22)11-24-16-17-6-3-7-18-16/h2-7,9-10,21H,1,8,11H2,(H,20,22). The van der Waals surface area contributed by atoms with Crippen LogP contribution in [0, 0.1) is 0 Å². The summed E-state index contributed by atoms with van der Waals surface area (Å²) in [5.74, 6) is 0.366. The number of ether oxygens (including phenoxy) is 1. The lowest BCUT2D eigenvalue weighted by atomic mass is 10.2. The Morgan fingerprint density at radius 2 is 2.21 bits per heavy atom. The molecule has 1 aromatic carbocycles. The summed E-state index contributed by atoms with van der Waals surface area (Å²) in [5, 5.41) is 14.2. The van der Waals surface area contributed by atoms with Gasteiger partial charge in [0.05, 0.1) is 12.0 Å². The zero-order chi connectivity index (χ0) is 17.2. The van der Waals surface area contributed by atoms with Crippen molar-refractivity contribution >= 4 is 23.9 Å². The molecule has 0 aliphatic carbocycles. The Morgan fingerprint density at radius 1 is 1.42 bits per heavy atom. The molecule has 0 aliphatic heterocycles. The summed E-state index contributed by atoms with van der Waals surface area (Å²) < 4.78 is 5.30. The summed E-state index contributed by atoms with van der Waals surface area (Å²) in [5.41, 5.74) is 2.83. The average Bonchev–Trinajstić information content (AvgIpc) is 2.60. The quantitative estimate of drug-likeness (QED) is 0.250. The van der Waals surface area contributed by atoms with Crippen molar-refractivity contribution in [2.75, 3.05) is 12.4 Å². The van der Waals surface area contributed by atoms with Crippen LogP contribution in [0.1, 0.15) is 5.56 Å². The molecule has 2 rings (SSSR count). The van der Waals surface area contributed by atoms with Gasteiger partial charge in [-0.2, -0.15) is 5.10 Å². The number of hydrazone groups is 1. The summed E-state index contributed by atoms with van der Waals surface area (Å²) in [6.45, 7) is 3.90. The number of thioether (sulfide) groups is 1. The number of phenols is 1. The van der Waals surface area contributed by atoms with Gasteiger partial charge in [-0.1, -0.05) is 24.4 Å². The van der Waals surface area contributed by atoms with E-state index in [9.17, 15) is 9.90 Å². The maximum Gasteiger partial charge on any atom is 0.250 e. The van der Waals surface area contributed by atoms with E-state index in [0.29, 0.717) is 23.1 Å². The van der Waals surface area contributed by atoms with Crippen molar-refractivity contribution in [3.05, 3.63) is 54.9 Å². The van der Waals surface area contributed by atoms with E-state index in [0.717, 1.165) is 0 Å². The highest BCUT2D eigenvalue weighted by molar-refractivity contribution is 7.99. The van der Waals surface area contributed by atoms with Gasteiger partial charge in [0.2, 0.25) is 0 Å². The van der Waals surface area contributed by atoms with Crippen LogP contribution in [0.25, 0.3) is 0 Å². The molecule has 0 fully saturated rings. The van der Waals surface area contributed by atoms with Gasteiger partial charge in [0, 0.05) is 24.0 Å². The Labute approximate surface area is 143 Å². The fourth-order valence-electron chi connectivity index (χ4n) is 1.57. The number of nitrogens with zero attached hydrogens (tertiary/aromatic N) is 3. The number of aromatic nitrogens is 2. The number of amides is 1. The second kappa shape index (κ2) is 9.31. The molecule has 0 bridgehead atoms. The van der Waals surface area contributed by atoms with Gasteiger partial charge in [0.15, 0.2) is 5.16 Å². The zero-order valence-corrected chi connectivity index (χ0v) is 13.6. The molecule has 2 aromatic rings. The normalized spacial score (nSPS) is 10.5. The summed E-state index contributed by atoms with van der Waals surface area (Å²) >= 11 is 1.21. The molecule has 1 heterocycles. The molecule has 2 N–H and O–H groups in total. The molecule has 8 heteroatoms. The highest BCUT2D eigenvalue weighted by atomic mass is 32.2. The lowest BCUT2D eigenvalue weighted by molar-refractivity contribution is -0.118. The van der Waals surface area contributed by atoms with E-state index in [4.69, 9.17) is 4.74 Å². The molecule has 0 unspecified atom stereocenters. The molecule has 0 spiro atoms. The molecule has 0 saturated carbocycles. The van der Waals surface area contributed by atoms with Crippen LogP contribution in [0.3, 0.4) is 0 Å². The van der Waals surface area contributed by atoms with Crippen molar-refractivity contribution in [3.8, 4) is 11.5 Å². The monoisotopic (exact) mass is 344 g/mol. The first kappa shape index (κ1) is 17.5. The minimum atomic E-state index is -0.297. The van der Waals surface area contributed by atoms with E-state index in [1.807, 2.05) is 0 Å². The maximum atomic E-state index is 11.7. The molecule has 0 atom stereocenters. The van der Waals surface area contributed by atoms with Crippen molar-refractivity contribution in [2.24, 2.45) is 5.10 Å². The van der Waals surface area contributed by atoms with Gasteiger partial charge >= 0.3 is 0 Å². The van der Waals surface area contributed by atoms with Crippen LogP contribution in [0.4, 0.5) is 0 Å². The number of carbonyl (C=O) groups excluding carboxylic acids is 1. The smallest absolute Gasteiger partial charge is 0.250 e. The van der Waals surface area contributed by atoms with Crippen molar-refractivity contribution in [1.82, 2.24) is 15.4 Å². The number of aromatic hydroxyl groups is 1. The maximum absolute atomic E-state index is 11.7. The second-order valence-electron chi connectivity index (χ2n) is 4.43. The number of carbonyl (C=O) groups is 1. The molecular weight excluding hydrogens is 328 g/mol. The zero-order valence-electron chi connectivity index (χ0n) is 12.8. The van der Waals surface area contributed by atoms with Crippen molar-refractivity contribution in [1.29, 1.82) is 0 Å².